The molecule has 106 valence electrons. The molecule has 0 aromatic carbocycles. The molecule has 2 N–H and O–H groups in total. The number of methoxy groups -OCH3 is 1. The molecule has 1 aliphatic carbocycles. The summed E-state index contributed by atoms with van der Waals surface area (Å²) < 4.78 is 5.07. The van der Waals surface area contributed by atoms with Crippen molar-refractivity contribution >= 4 is 5.91 Å². The smallest absolute Gasteiger partial charge is 0.222 e. The van der Waals surface area contributed by atoms with E-state index in [1.54, 1.807) is 12.0 Å². The van der Waals surface area contributed by atoms with Gasteiger partial charge in [0.05, 0.1) is 12.6 Å². The number of carbonyl (C=O) groups is 1. The predicted octanol–water partition coefficient (Wildman–Crippen LogP) is 1.78. The quantitative estimate of drug-likeness (QED) is 0.788. The molecule has 0 bridgehead atoms. The molecular weight excluding hydrogens is 228 g/mol. The number of rotatable bonds is 6. The topological polar surface area (TPSA) is 55.6 Å². The molecule has 0 saturated heterocycles. The Bertz CT molecular complexity index is 258. The lowest BCUT2D eigenvalue weighted by atomic mass is 9.83. The Balaban J connectivity index is 2.27. The van der Waals surface area contributed by atoms with Crippen molar-refractivity contribution in [2.75, 3.05) is 20.8 Å². The zero-order valence-electron chi connectivity index (χ0n) is 12.0. The summed E-state index contributed by atoms with van der Waals surface area (Å²) >= 11 is 0. The van der Waals surface area contributed by atoms with Crippen LogP contribution in [-0.4, -0.2) is 43.7 Å². The molecular formula is C14H28N2O2. The van der Waals surface area contributed by atoms with Crippen molar-refractivity contribution in [2.45, 2.75) is 57.5 Å². The van der Waals surface area contributed by atoms with Crippen LogP contribution in [0.2, 0.25) is 0 Å². The summed E-state index contributed by atoms with van der Waals surface area (Å²) in [6.07, 6.45) is 6.31. The second kappa shape index (κ2) is 7.74. The molecule has 1 amide bonds. The van der Waals surface area contributed by atoms with E-state index < -0.39 is 0 Å². The van der Waals surface area contributed by atoms with Gasteiger partial charge in [-0.05, 0) is 32.1 Å². The summed E-state index contributed by atoms with van der Waals surface area (Å²) in [4.78, 5) is 13.8. The summed E-state index contributed by atoms with van der Waals surface area (Å²) in [6.45, 7) is 2.61. The third-order valence-corrected chi connectivity index (χ3v) is 4.05. The molecule has 0 spiro atoms. The van der Waals surface area contributed by atoms with Crippen LogP contribution in [0.15, 0.2) is 0 Å². The third kappa shape index (κ3) is 4.94. The van der Waals surface area contributed by atoms with Crippen LogP contribution >= 0.6 is 0 Å². The van der Waals surface area contributed by atoms with Crippen LogP contribution < -0.4 is 5.73 Å². The SMILES string of the molecule is COCC(C)N(C)C(=O)CCC1CCCC(N)C1. The van der Waals surface area contributed by atoms with Crippen molar-refractivity contribution in [2.24, 2.45) is 11.7 Å². The fourth-order valence-electron chi connectivity index (χ4n) is 2.70. The van der Waals surface area contributed by atoms with E-state index in [-0.39, 0.29) is 11.9 Å². The fraction of sp³-hybridized carbons (Fsp3) is 0.929. The van der Waals surface area contributed by atoms with Crippen molar-refractivity contribution in [3.63, 3.8) is 0 Å². The lowest BCUT2D eigenvalue weighted by Gasteiger charge is -2.28. The minimum absolute atomic E-state index is 0.149. The molecule has 4 nitrogen and oxygen atoms in total. The van der Waals surface area contributed by atoms with Gasteiger partial charge in [-0.3, -0.25) is 4.79 Å². The van der Waals surface area contributed by atoms with E-state index in [1.807, 2.05) is 14.0 Å². The second-order valence-corrected chi connectivity index (χ2v) is 5.64. The van der Waals surface area contributed by atoms with Gasteiger partial charge in [0.25, 0.3) is 0 Å². The normalized spacial score (nSPS) is 25.8. The fourth-order valence-corrected chi connectivity index (χ4v) is 2.70. The molecule has 0 heterocycles. The monoisotopic (exact) mass is 256 g/mol. The first-order valence-corrected chi connectivity index (χ1v) is 7.04. The zero-order valence-corrected chi connectivity index (χ0v) is 12.0. The molecule has 3 atom stereocenters. The van der Waals surface area contributed by atoms with Gasteiger partial charge < -0.3 is 15.4 Å². The summed E-state index contributed by atoms with van der Waals surface area (Å²) in [6, 6.07) is 0.500. The van der Waals surface area contributed by atoms with Gasteiger partial charge in [-0.2, -0.15) is 0 Å². The van der Waals surface area contributed by atoms with Crippen LogP contribution in [0.5, 0.6) is 0 Å². The largest absolute Gasteiger partial charge is 0.383 e. The number of nitrogens with zero attached hydrogens (tertiary/aromatic N) is 1. The van der Waals surface area contributed by atoms with E-state index in [0.717, 1.165) is 19.3 Å². The van der Waals surface area contributed by atoms with E-state index >= 15 is 0 Å². The summed E-state index contributed by atoms with van der Waals surface area (Å²) in [7, 11) is 3.52. The third-order valence-electron chi connectivity index (χ3n) is 4.05. The highest BCUT2D eigenvalue weighted by Gasteiger charge is 2.21. The molecule has 1 saturated carbocycles. The first-order valence-electron chi connectivity index (χ1n) is 7.04. The van der Waals surface area contributed by atoms with E-state index in [2.05, 4.69) is 0 Å². The predicted molar refractivity (Wildman–Crippen MR) is 73.3 cm³/mol. The Morgan fingerprint density at radius 2 is 2.22 bits per heavy atom. The number of ether oxygens (including phenoxy) is 1. The van der Waals surface area contributed by atoms with Crippen molar-refractivity contribution in [1.29, 1.82) is 0 Å². The number of carbonyl (C=O) groups excluding carboxylic acids is 1. The lowest BCUT2D eigenvalue weighted by molar-refractivity contribution is -0.133. The Kier molecular flexibility index (Phi) is 6.65. The second-order valence-electron chi connectivity index (χ2n) is 5.64. The standard InChI is InChI=1S/C14H28N2O2/c1-11(10-18-3)16(2)14(17)8-7-12-5-4-6-13(15)9-12/h11-13H,4-10,15H2,1-3H3. The maximum Gasteiger partial charge on any atom is 0.222 e. The zero-order chi connectivity index (χ0) is 13.5. The molecule has 0 radical (unpaired) electrons. The number of likely N-dealkylation sites (N-methyl/N-ethyl adjacent to an activating group) is 1. The molecule has 18 heavy (non-hydrogen) atoms. The van der Waals surface area contributed by atoms with Crippen LogP contribution in [0.3, 0.4) is 0 Å². The molecule has 3 unspecified atom stereocenters. The van der Waals surface area contributed by atoms with Crippen LogP contribution in [0.4, 0.5) is 0 Å². The van der Waals surface area contributed by atoms with Crippen LogP contribution in [0.25, 0.3) is 0 Å². The number of hydrogen-bond acceptors (Lipinski definition) is 3. The van der Waals surface area contributed by atoms with E-state index in [1.165, 1.54) is 12.8 Å². The van der Waals surface area contributed by atoms with Gasteiger partial charge >= 0.3 is 0 Å². The molecule has 0 aromatic rings. The van der Waals surface area contributed by atoms with Gasteiger partial charge in [-0.15, -0.1) is 0 Å². The van der Waals surface area contributed by atoms with Crippen molar-refractivity contribution in [3.8, 4) is 0 Å². The Hall–Kier alpha value is -0.610. The van der Waals surface area contributed by atoms with Crippen molar-refractivity contribution < 1.29 is 9.53 Å². The maximum absolute atomic E-state index is 12.0. The van der Waals surface area contributed by atoms with Gasteiger partial charge in [0.2, 0.25) is 5.91 Å². The molecule has 1 rings (SSSR count). The van der Waals surface area contributed by atoms with Gasteiger partial charge in [0.1, 0.15) is 0 Å². The maximum atomic E-state index is 12.0. The van der Waals surface area contributed by atoms with E-state index in [4.69, 9.17) is 10.5 Å². The van der Waals surface area contributed by atoms with Crippen LogP contribution in [0, 0.1) is 5.92 Å². The molecule has 4 heteroatoms. The average Bonchev–Trinajstić information content (AvgIpc) is 2.35. The Morgan fingerprint density at radius 3 is 2.83 bits per heavy atom. The van der Waals surface area contributed by atoms with Gasteiger partial charge in [0, 0.05) is 26.6 Å². The lowest BCUT2D eigenvalue weighted by Crippen LogP contribution is -2.38. The van der Waals surface area contributed by atoms with E-state index in [9.17, 15) is 4.79 Å². The van der Waals surface area contributed by atoms with Crippen molar-refractivity contribution in [1.82, 2.24) is 4.90 Å². The summed E-state index contributed by atoms with van der Waals surface area (Å²) in [5.74, 6) is 0.863. The number of nitrogens with two attached hydrogens (primary N) is 1. The minimum atomic E-state index is 0.149. The van der Waals surface area contributed by atoms with E-state index in [0.29, 0.717) is 25.0 Å². The van der Waals surface area contributed by atoms with Gasteiger partial charge in [-0.1, -0.05) is 12.8 Å². The van der Waals surface area contributed by atoms with Crippen molar-refractivity contribution in [3.05, 3.63) is 0 Å². The van der Waals surface area contributed by atoms with Crippen LogP contribution in [-0.2, 0) is 9.53 Å². The average molecular weight is 256 g/mol. The number of amides is 1. The van der Waals surface area contributed by atoms with Gasteiger partial charge in [-0.25, -0.2) is 0 Å². The highest BCUT2D eigenvalue weighted by Crippen LogP contribution is 2.27. The molecule has 1 aliphatic rings. The minimum Gasteiger partial charge on any atom is -0.383 e. The molecule has 1 fully saturated rings. The molecule has 0 aliphatic heterocycles. The highest BCUT2D eigenvalue weighted by atomic mass is 16.5. The summed E-state index contributed by atoms with van der Waals surface area (Å²) in [5, 5.41) is 0. The Labute approximate surface area is 111 Å². The van der Waals surface area contributed by atoms with Crippen LogP contribution in [0.1, 0.15) is 45.4 Å². The first kappa shape index (κ1) is 15.4. The highest BCUT2D eigenvalue weighted by molar-refractivity contribution is 5.76. The van der Waals surface area contributed by atoms with Gasteiger partial charge in [0.15, 0.2) is 0 Å². The number of hydrogen-bond donors (Lipinski definition) is 1. The molecule has 0 aromatic heterocycles. The Morgan fingerprint density at radius 1 is 1.50 bits per heavy atom. The summed E-state index contributed by atoms with van der Waals surface area (Å²) in [5.41, 5.74) is 5.97. The first-order chi connectivity index (χ1) is 8.54.